The highest BCUT2D eigenvalue weighted by Gasteiger charge is 2.31. The van der Waals surface area contributed by atoms with E-state index in [1.165, 1.54) is 10.9 Å². The van der Waals surface area contributed by atoms with Gasteiger partial charge < -0.3 is 10.3 Å². The molecule has 0 unspecified atom stereocenters. The molecule has 0 aliphatic carbocycles. The Kier molecular flexibility index (Phi) is 3.16. The third kappa shape index (κ3) is 2.61. The van der Waals surface area contributed by atoms with Crippen LogP contribution >= 0.6 is 11.3 Å². The second kappa shape index (κ2) is 4.77. The second-order valence-corrected chi connectivity index (χ2v) is 6.14. The van der Waals surface area contributed by atoms with E-state index < -0.39 is 11.7 Å². The van der Waals surface area contributed by atoms with E-state index in [1.54, 1.807) is 15.9 Å². The van der Waals surface area contributed by atoms with Gasteiger partial charge in [0.25, 0.3) is 0 Å². The van der Waals surface area contributed by atoms with Gasteiger partial charge in [-0.1, -0.05) is 0 Å². The number of alkyl halides is 3. The maximum Gasteiger partial charge on any atom is 0.416 e. The van der Waals surface area contributed by atoms with E-state index in [1.807, 2.05) is 19.1 Å². The fraction of sp³-hybridized carbons (Fsp3) is 0.214. The highest BCUT2D eigenvalue weighted by molar-refractivity contribution is 7.11. The van der Waals surface area contributed by atoms with E-state index in [0.717, 1.165) is 17.0 Å². The van der Waals surface area contributed by atoms with Crippen LogP contribution in [0.1, 0.15) is 15.3 Å². The molecule has 0 saturated carbocycles. The SMILES string of the molecule is Cc1ccc(Cn2c(N)nc3cc(C(F)(F)F)ccc32)s1. The first-order chi connectivity index (χ1) is 9.84. The molecule has 110 valence electrons. The van der Waals surface area contributed by atoms with E-state index in [0.29, 0.717) is 12.1 Å². The summed E-state index contributed by atoms with van der Waals surface area (Å²) in [6.45, 7) is 2.51. The number of anilines is 1. The first-order valence-corrected chi connectivity index (χ1v) is 7.04. The molecule has 0 saturated heterocycles. The normalized spacial score (nSPS) is 12.2. The predicted octanol–water partition coefficient (Wildman–Crippen LogP) is 4.06. The van der Waals surface area contributed by atoms with Gasteiger partial charge in [-0.2, -0.15) is 13.2 Å². The number of aryl methyl sites for hydroxylation is 1. The number of benzene rings is 1. The van der Waals surface area contributed by atoms with Gasteiger partial charge in [0, 0.05) is 9.75 Å². The summed E-state index contributed by atoms with van der Waals surface area (Å²) < 4.78 is 39.8. The molecule has 0 fully saturated rings. The number of hydrogen-bond donors (Lipinski definition) is 1. The third-order valence-corrected chi connectivity index (χ3v) is 4.20. The van der Waals surface area contributed by atoms with Crippen LogP contribution in [0.2, 0.25) is 0 Å². The summed E-state index contributed by atoms with van der Waals surface area (Å²) in [7, 11) is 0. The van der Waals surface area contributed by atoms with Gasteiger partial charge in [0.05, 0.1) is 23.1 Å². The molecule has 2 N–H and O–H groups in total. The van der Waals surface area contributed by atoms with Gasteiger partial charge in [-0.25, -0.2) is 4.98 Å². The average molecular weight is 311 g/mol. The summed E-state index contributed by atoms with van der Waals surface area (Å²) in [5.74, 6) is 0.218. The lowest BCUT2D eigenvalue weighted by Gasteiger charge is -2.07. The molecule has 3 aromatic rings. The summed E-state index contributed by atoms with van der Waals surface area (Å²) in [5.41, 5.74) is 5.99. The third-order valence-electron chi connectivity index (χ3n) is 3.22. The number of hydrogen-bond acceptors (Lipinski definition) is 3. The number of rotatable bonds is 2. The topological polar surface area (TPSA) is 43.8 Å². The Balaban J connectivity index is 2.05. The minimum atomic E-state index is -4.38. The van der Waals surface area contributed by atoms with Crippen LogP contribution in [-0.4, -0.2) is 9.55 Å². The van der Waals surface area contributed by atoms with Crippen LogP contribution in [0.4, 0.5) is 19.1 Å². The maximum absolute atomic E-state index is 12.7. The molecule has 0 bridgehead atoms. The van der Waals surface area contributed by atoms with Crippen molar-refractivity contribution >= 4 is 28.3 Å². The number of halogens is 3. The Bertz CT molecular complexity index is 801. The molecular formula is C14H12F3N3S. The lowest BCUT2D eigenvalue weighted by Crippen LogP contribution is -2.05. The second-order valence-electron chi connectivity index (χ2n) is 4.77. The number of imidazole rings is 1. The van der Waals surface area contributed by atoms with Crippen LogP contribution in [0.5, 0.6) is 0 Å². The summed E-state index contributed by atoms with van der Waals surface area (Å²) in [6, 6.07) is 7.48. The van der Waals surface area contributed by atoms with Crippen molar-refractivity contribution in [3.8, 4) is 0 Å². The molecule has 0 aliphatic heterocycles. The minimum Gasteiger partial charge on any atom is -0.369 e. The summed E-state index contributed by atoms with van der Waals surface area (Å²) >= 11 is 1.63. The van der Waals surface area contributed by atoms with E-state index >= 15 is 0 Å². The molecular weight excluding hydrogens is 299 g/mol. The maximum atomic E-state index is 12.7. The average Bonchev–Trinajstić information content (AvgIpc) is 2.93. The smallest absolute Gasteiger partial charge is 0.369 e. The zero-order chi connectivity index (χ0) is 15.2. The summed E-state index contributed by atoms with van der Waals surface area (Å²) in [4.78, 5) is 6.29. The quantitative estimate of drug-likeness (QED) is 0.776. The molecule has 0 spiro atoms. The van der Waals surface area contributed by atoms with Gasteiger partial charge in [-0.15, -0.1) is 11.3 Å². The number of nitrogens with two attached hydrogens (primary N) is 1. The molecule has 21 heavy (non-hydrogen) atoms. The fourth-order valence-corrected chi connectivity index (χ4v) is 3.10. The zero-order valence-corrected chi connectivity index (χ0v) is 11.9. The van der Waals surface area contributed by atoms with Crippen molar-refractivity contribution in [1.29, 1.82) is 0 Å². The van der Waals surface area contributed by atoms with Crippen molar-refractivity contribution < 1.29 is 13.2 Å². The predicted molar refractivity (Wildman–Crippen MR) is 77.3 cm³/mol. The Morgan fingerprint density at radius 3 is 2.62 bits per heavy atom. The highest BCUT2D eigenvalue weighted by atomic mass is 32.1. The first kappa shape index (κ1) is 13.9. The molecule has 3 rings (SSSR count). The molecule has 0 amide bonds. The molecule has 0 radical (unpaired) electrons. The van der Waals surface area contributed by atoms with Crippen LogP contribution in [0, 0.1) is 6.92 Å². The Labute approximate surface area is 122 Å². The molecule has 2 aromatic heterocycles. The van der Waals surface area contributed by atoms with Crippen molar-refractivity contribution in [2.24, 2.45) is 0 Å². The standard InChI is InChI=1S/C14H12F3N3S/c1-8-2-4-10(21-8)7-20-12-5-3-9(14(15,16)17)6-11(12)19-13(20)18/h2-6H,7H2,1H3,(H2,18,19). The zero-order valence-electron chi connectivity index (χ0n) is 11.1. The van der Waals surface area contributed by atoms with Crippen molar-refractivity contribution in [2.45, 2.75) is 19.6 Å². The molecule has 7 heteroatoms. The number of nitrogen functional groups attached to an aromatic ring is 1. The van der Waals surface area contributed by atoms with Gasteiger partial charge in [0.15, 0.2) is 0 Å². The van der Waals surface area contributed by atoms with E-state index in [2.05, 4.69) is 4.98 Å². The summed E-state index contributed by atoms with van der Waals surface area (Å²) in [5, 5.41) is 0. The van der Waals surface area contributed by atoms with Crippen LogP contribution in [0.25, 0.3) is 11.0 Å². The van der Waals surface area contributed by atoms with E-state index in [9.17, 15) is 13.2 Å². The summed E-state index contributed by atoms with van der Waals surface area (Å²) in [6.07, 6.45) is -4.38. The van der Waals surface area contributed by atoms with Gasteiger partial charge in [0.2, 0.25) is 5.95 Å². The number of aromatic nitrogens is 2. The van der Waals surface area contributed by atoms with E-state index in [-0.39, 0.29) is 11.5 Å². The Morgan fingerprint density at radius 1 is 1.24 bits per heavy atom. The minimum absolute atomic E-state index is 0.218. The highest BCUT2D eigenvalue weighted by Crippen LogP contribution is 2.32. The van der Waals surface area contributed by atoms with Gasteiger partial charge in [-0.3, -0.25) is 0 Å². The van der Waals surface area contributed by atoms with Crippen LogP contribution in [-0.2, 0) is 12.7 Å². The molecule has 3 nitrogen and oxygen atoms in total. The van der Waals surface area contributed by atoms with Gasteiger partial charge in [0.1, 0.15) is 0 Å². The number of thiophene rings is 1. The van der Waals surface area contributed by atoms with Crippen LogP contribution in [0.15, 0.2) is 30.3 Å². The molecule has 0 atom stereocenters. The number of nitrogens with zero attached hydrogens (tertiary/aromatic N) is 2. The lowest BCUT2D eigenvalue weighted by atomic mass is 10.2. The molecule has 2 heterocycles. The largest absolute Gasteiger partial charge is 0.416 e. The van der Waals surface area contributed by atoms with Crippen LogP contribution < -0.4 is 5.73 Å². The van der Waals surface area contributed by atoms with Crippen molar-refractivity contribution in [3.05, 3.63) is 45.6 Å². The number of fused-ring (bicyclic) bond motifs is 1. The monoisotopic (exact) mass is 311 g/mol. The van der Waals surface area contributed by atoms with E-state index in [4.69, 9.17) is 5.73 Å². The first-order valence-electron chi connectivity index (χ1n) is 6.23. The lowest BCUT2D eigenvalue weighted by molar-refractivity contribution is -0.137. The molecule has 0 aliphatic rings. The van der Waals surface area contributed by atoms with Gasteiger partial charge >= 0.3 is 6.18 Å². The van der Waals surface area contributed by atoms with Crippen molar-refractivity contribution in [3.63, 3.8) is 0 Å². The Hall–Kier alpha value is -2.02. The molecule has 1 aromatic carbocycles. The Morgan fingerprint density at radius 2 is 2.00 bits per heavy atom. The fourth-order valence-electron chi connectivity index (χ4n) is 2.22. The van der Waals surface area contributed by atoms with Gasteiger partial charge in [-0.05, 0) is 37.3 Å². The van der Waals surface area contributed by atoms with Crippen molar-refractivity contribution in [1.82, 2.24) is 9.55 Å². The van der Waals surface area contributed by atoms with Crippen molar-refractivity contribution in [2.75, 3.05) is 5.73 Å². The van der Waals surface area contributed by atoms with Crippen LogP contribution in [0.3, 0.4) is 0 Å².